The second-order valence-electron chi connectivity index (χ2n) is 8.07. The first kappa shape index (κ1) is 15.0. The van der Waals surface area contributed by atoms with Gasteiger partial charge in [-0.3, -0.25) is 0 Å². The van der Waals surface area contributed by atoms with Crippen LogP contribution in [0.4, 0.5) is 0 Å². The van der Waals surface area contributed by atoms with Gasteiger partial charge in [-0.1, -0.05) is 33.6 Å². The molecule has 0 amide bonds. The summed E-state index contributed by atoms with van der Waals surface area (Å²) in [4.78, 5) is 0. The molecule has 1 aliphatic rings. The van der Waals surface area contributed by atoms with Crippen LogP contribution in [-0.2, 0) is 4.74 Å². The highest BCUT2D eigenvalue weighted by Gasteiger charge is 2.26. The molecule has 0 spiro atoms. The van der Waals surface area contributed by atoms with Crippen LogP contribution in [0.15, 0.2) is 0 Å². The van der Waals surface area contributed by atoms with Gasteiger partial charge >= 0.3 is 0 Å². The van der Waals surface area contributed by atoms with E-state index in [0.29, 0.717) is 5.41 Å². The van der Waals surface area contributed by atoms with Crippen LogP contribution in [0.25, 0.3) is 0 Å². The fourth-order valence-corrected chi connectivity index (χ4v) is 2.84. The molecule has 102 valence electrons. The van der Waals surface area contributed by atoms with Crippen LogP contribution >= 0.6 is 0 Å². The molecule has 1 fully saturated rings. The third kappa shape index (κ3) is 7.08. The van der Waals surface area contributed by atoms with Crippen LogP contribution in [0.1, 0.15) is 73.6 Å². The maximum absolute atomic E-state index is 5.90. The molecule has 0 saturated heterocycles. The van der Waals surface area contributed by atoms with Gasteiger partial charge in [0.05, 0.1) is 12.2 Å². The molecule has 0 aromatic carbocycles. The molecule has 0 aliphatic heterocycles. The Morgan fingerprint density at radius 2 is 1.29 bits per heavy atom. The lowest BCUT2D eigenvalue weighted by atomic mass is 9.75. The molecule has 17 heavy (non-hydrogen) atoms. The average molecular weight is 240 g/mol. The number of rotatable bonds is 3. The van der Waals surface area contributed by atoms with E-state index in [2.05, 4.69) is 41.5 Å². The Balaban J connectivity index is 2.22. The van der Waals surface area contributed by atoms with Crippen molar-refractivity contribution in [3.8, 4) is 0 Å². The highest BCUT2D eigenvalue weighted by Crippen LogP contribution is 2.36. The first-order chi connectivity index (χ1) is 7.66. The molecule has 0 unspecified atom stereocenters. The third-order valence-electron chi connectivity index (χ3n) is 3.62. The molecule has 0 bridgehead atoms. The summed E-state index contributed by atoms with van der Waals surface area (Å²) in [6.45, 7) is 14.5. The monoisotopic (exact) mass is 240 g/mol. The Morgan fingerprint density at radius 3 is 1.71 bits per heavy atom. The van der Waals surface area contributed by atoms with E-state index in [-0.39, 0.29) is 5.60 Å². The van der Waals surface area contributed by atoms with Crippen molar-refractivity contribution in [3.63, 3.8) is 0 Å². The Hall–Kier alpha value is -0.0400. The minimum atomic E-state index is 0.0300. The second kappa shape index (κ2) is 5.73. The lowest BCUT2D eigenvalue weighted by Crippen LogP contribution is -2.27. The Bertz CT molecular complexity index is 211. The highest BCUT2D eigenvalue weighted by atomic mass is 16.5. The Labute approximate surface area is 108 Å². The van der Waals surface area contributed by atoms with Crippen molar-refractivity contribution in [2.24, 2.45) is 17.3 Å². The molecule has 1 rings (SSSR count). The van der Waals surface area contributed by atoms with Gasteiger partial charge in [0, 0.05) is 0 Å². The van der Waals surface area contributed by atoms with Crippen molar-refractivity contribution in [2.75, 3.05) is 6.61 Å². The lowest BCUT2D eigenvalue weighted by molar-refractivity contribution is -0.0309. The molecule has 1 heteroatoms. The van der Waals surface area contributed by atoms with Crippen molar-refractivity contribution in [1.29, 1.82) is 0 Å². The quantitative estimate of drug-likeness (QED) is 0.671. The first-order valence-electron chi connectivity index (χ1n) is 7.30. The van der Waals surface area contributed by atoms with E-state index in [1.807, 2.05) is 0 Å². The van der Waals surface area contributed by atoms with Crippen LogP contribution in [0.3, 0.4) is 0 Å². The molecular formula is C16H32O. The van der Waals surface area contributed by atoms with Crippen LogP contribution < -0.4 is 0 Å². The largest absolute Gasteiger partial charge is 0.376 e. The van der Waals surface area contributed by atoms with Crippen molar-refractivity contribution >= 4 is 0 Å². The van der Waals surface area contributed by atoms with E-state index in [4.69, 9.17) is 4.74 Å². The molecule has 1 nitrogen and oxygen atoms in total. The van der Waals surface area contributed by atoms with Gasteiger partial charge in [0.2, 0.25) is 0 Å². The summed E-state index contributed by atoms with van der Waals surface area (Å²) in [5.41, 5.74) is 0.529. The van der Waals surface area contributed by atoms with Gasteiger partial charge in [0.1, 0.15) is 0 Å². The van der Waals surface area contributed by atoms with Crippen LogP contribution in [0.5, 0.6) is 0 Å². The molecule has 0 N–H and O–H groups in total. The number of hydrogen-bond donors (Lipinski definition) is 0. The maximum atomic E-state index is 5.90. The average Bonchev–Trinajstić information content (AvgIpc) is 2.13. The van der Waals surface area contributed by atoms with Crippen molar-refractivity contribution < 1.29 is 4.74 Å². The van der Waals surface area contributed by atoms with Gasteiger partial charge in [-0.2, -0.15) is 0 Å². The van der Waals surface area contributed by atoms with Gasteiger partial charge in [0.25, 0.3) is 0 Å². The van der Waals surface area contributed by atoms with Crippen LogP contribution in [0.2, 0.25) is 0 Å². The summed E-state index contributed by atoms with van der Waals surface area (Å²) >= 11 is 0. The van der Waals surface area contributed by atoms with Crippen molar-refractivity contribution in [1.82, 2.24) is 0 Å². The predicted molar refractivity (Wildman–Crippen MR) is 75.2 cm³/mol. The van der Waals surface area contributed by atoms with Gasteiger partial charge < -0.3 is 4.74 Å². The predicted octanol–water partition coefficient (Wildman–Crippen LogP) is 5.04. The molecule has 0 aromatic heterocycles. The van der Waals surface area contributed by atoms with Crippen molar-refractivity contribution in [3.05, 3.63) is 0 Å². The van der Waals surface area contributed by atoms with Crippen molar-refractivity contribution in [2.45, 2.75) is 79.2 Å². The van der Waals surface area contributed by atoms with E-state index in [9.17, 15) is 0 Å². The number of hydrogen-bond acceptors (Lipinski definition) is 1. The van der Waals surface area contributed by atoms with Crippen LogP contribution in [-0.4, -0.2) is 12.2 Å². The fourth-order valence-electron chi connectivity index (χ4n) is 2.84. The van der Waals surface area contributed by atoms with Gasteiger partial charge in [-0.15, -0.1) is 0 Å². The summed E-state index contributed by atoms with van der Waals surface area (Å²) in [6, 6.07) is 0. The zero-order valence-corrected chi connectivity index (χ0v) is 12.8. The first-order valence-corrected chi connectivity index (χ1v) is 7.30. The minimum Gasteiger partial charge on any atom is -0.376 e. The zero-order chi connectivity index (χ0) is 13.1. The normalized spacial score (nSPS) is 27.2. The molecular weight excluding hydrogens is 208 g/mol. The van der Waals surface area contributed by atoms with E-state index < -0.39 is 0 Å². The maximum Gasteiger partial charge on any atom is 0.0598 e. The molecule has 1 aliphatic carbocycles. The van der Waals surface area contributed by atoms with Gasteiger partial charge in [0.15, 0.2) is 0 Å². The fraction of sp³-hybridized carbons (Fsp3) is 1.00. The lowest BCUT2D eigenvalue weighted by Gasteiger charge is -2.33. The molecule has 0 heterocycles. The third-order valence-corrected chi connectivity index (χ3v) is 3.62. The van der Waals surface area contributed by atoms with E-state index in [0.717, 1.165) is 18.4 Å². The van der Waals surface area contributed by atoms with Gasteiger partial charge in [-0.25, -0.2) is 0 Å². The molecule has 0 radical (unpaired) electrons. The Kier molecular flexibility index (Phi) is 5.07. The topological polar surface area (TPSA) is 9.23 Å². The van der Waals surface area contributed by atoms with E-state index >= 15 is 0 Å². The zero-order valence-electron chi connectivity index (χ0n) is 12.8. The SMILES string of the molecule is CC(C)(C)CC1CCC(COC(C)(C)C)CC1. The summed E-state index contributed by atoms with van der Waals surface area (Å²) in [7, 11) is 0. The summed E-state index contributed by atoms with van der Waals surface area (Å²) < 4.78 is 5.90. The minimum absolute atomic E-state index is 0.0300. The summed E-state index contributed by atoms with van der Waals surface area (Å²) in [6.07, 6.45) is 6.96. The standard InChI is InChI=1S/C16H32O/c1-15(2,3)11-13-7-9-14(10-8-13)12-17-16(4,5)6/h13-14H,7-12H2,1-6H3. The van der Waals surface area contributed by atoms with Gasteiger partial charge in [-0.05, 0) is 57.3 Å². The van der Waals surface area contributed by atoms with E-state index in [1.165, 1.54) is 32.1 Å². The summed E-state index contributed by atoms with van der Waals surface area (Å²) in [5.74, 6) is 1.77. The molecule has 0 atom stereocenters. The highest BCUT2D eigenvalue weighted by molar-refractivity contribution is 4.77. The van der Waals surface area contributed by atoms with Crippen LogP contribution in [0, 0.1) is 17.3 Å². The molecule has 1 saturated carbocycles. The summed E-state index contributed by atoms with van der Waals surface area (Å²) in [5, 5.41) is 0. The number of ether oxygens (including phenoxy) is 1. The Morgan fingerprint density at radius 1 is 0.824 bits per heavy atom. The second-order valence-corrected chi connectivity index (χ2v) is 8.07. The van der Waals surface area contributed by atoms with E-state index in [1.54, 1.807) is 0 Å². The molecule has 0 aromatic rings. The smallest absolute Gasteiger partial charge is 0.0598 e.